The quantitative estimate of drug-likeness (QED) is 0.686. The van der Waals surface area contributed by atoms with Crippen LogP contribution in [-0.2, 0) is 0 Å². The fraction of sp³-hybridized carbons (Fsp3) is 0.111. The number of hydrogen-bond acceptors (Lipinski definition) is 2. The Kier molecular flexibility index (Phi) is 1.93. The number of hydrogen-bond donors (Lipinski definition) is 2. The van der Waals surface area contributed by atoms with E-state index >= 15 is 0 Å². The maximum absolute atomic E-state index is 11.4. The molecule has 0 aliphatic carbocycles. The summed E-state index contributed by atoms with van der Waals surface area (Å²) in [7, 11) is 0. The Balaban J connectivity index is 3.16. The largest absolute Gasteiger partial charge is 0.326 e. The number of H-pyrrole nitrogens is 2. The van der Waals surface area contributed by atoms with E-state index in [9.17, 15) is 9.59 Å². The van der Waals surface area contributed by atoms with Crippen molar-refractivity contribution in [2.75, 3.05) is 0 Å². The second-order valence-electron chi connectivity index (χ2n) is 3.02. The second-order valence-corrected chi connectivity index (χ2v) is 3.43. The van der Waals surface area contributed by atoms with Gasteiger partial charge in [-0.3, -0.25) is 9.78 Å². The molecule has 1 aromatic carbocycles. The topological polar surface area (TPSA) is 65.7 Å². The van der Waals surface area contributed by atoms with Crippen molar-refractivity contribution in [3.8, 4) is 0 Å². The van der Waals surface area contributed by atoms with Crippen LogP contribution in [0.1, 0.15) is 5.56 Å². The van der Waals surface area contributed by atoms with Crippen molar-refractivity contribution in [3.63, 3.8) is 0 Å². The molecule has 0 aliphatic rings. The molecule has 72 valence electrons. The molecule has 2 rings (SSSR count). The van der Waals surface area contributed by atoms with Gasteiger partial charge in [-0.25, -0.2) is 4.79 Å². The standard InChI is InChI=1S/C9H7ClN2O2/c1-4-2-3-5(10)6-7(4)11-9(14)12-8(6)13/h2-3H,1H3,(H2,11,12,13,14). The van der Waals surface area contributed by atoms with Crippen molar-refractivity contribution in [3.05, 3.63) is 43.6 Å². The zero-order valence-electron chi connectivity index (χ0n) is 7.35. The van der Waals surface area contributed by atoms with Crippen LogP contribution in [0.2, 0.25) is 5.02 Å². The van der Waals surface area contributed by atoms with Crippen molar-refractivity contribution in [2.45, 2.75) is 6.92 Å². The van der Waals surface area contributed by atoms with E-state index in [-0.39, 0.29) is 0 Å². The molecular weight excluding hydrogens is 204 g/mol. The molecule has 0 spiro atoms. The minimum atomic E-state index is -0.520. The van der Waals surface area contributed by atoms with E-state index in [0.717, 1.165) is 5.56 Å². The molecule has 4 nitrogen and oxygen atoms in total. The number of rotatable bonds is 0. The van der Waals surface area contributed by atoms with Gasteiger partial charge < -0.3 is 4.98 Å². The predicted molar refractivity (Wildman–Crippen MR) is 54.9 cm³/mol. The van der Waals surface area contributed by atoms with Crippen LogP contribution >= 0.6 is 11.6 Å². The zero-order valence-corrected chi connectivity index (χ0v) is 8.11. The summed E-state index contributed by atoms with van der Waals surface area (Å²) < 4.78 is 0. The summed E-state index contributed by atoms with van der Waals surface area (Å²) in [5.41, 5.74) is 0.323. The van der Waals surface area contributed by atoms with Gasteiger partial charge in [-0.1, -0.05) is 17.7 Å². The van der Waals surface area contributed by atoms with E-state index in [1.165, 1.54) is 0 Å². The highest BCUT2D eigenvalue weighted by molar-refractivity contribution is 6.35. The van der Waals surface area contributed by atoms with E-state index < -0.39 is 11.2 Å². The summed E-state index contributed by atoms with van der Waals surface area (Å²) in [5.74, 6) is 0. The molecule has 0 fully saturated rings. The van der Waals surface area contributed by atoms with Gasteiger partial charge in [0.05, 0.1) is 15.9 Å². The maximum Gasteiger partial charge on any atom is 0.326 e. The van der Waals surface area contributed by atoms with Crippen molar-refractivity contribution in [2.24, 2.45) is 0 Å². The first-order chi connectivity index (χ1) is 6.59. The van der Waals surface area contributed by atoms with Crippen LogP contribution in [0, 0.1) is 6.92 Å². The van der Waals surface area contributed by atoms with E-state index in [1.807, 2.05) is 0 Å². The van der Waals surface area contributed by atoms with Gasteiger partial charge in [0.1, 0.15) is 0 Å². The van der Waals surface area contributed by atoms with Crippen LogP contribution in [0.3, 0.4) is 0 Å². The highest BCUT2D eigenvalue weighted by Crippen LogP contribution is 2.19. The Morgan fingerprint density at radius 1 is 1.21 bits per heavy atom. The third-order valence-corrected chi connectivity index (χ3v) is 2.37. The number of halogens is 1. The van der Waals surface area contributed by atoms with E-state index in [1.54, 1.807) is 19.1 Å². The Morgan fingerprint density at radius 2 is 1.93 bits per heavy atom. The van der Waals surface area contributed by atoms with Gasteiger partial charge in [0, 0.05) is 0 Å². The van der Waals surface area contributed by atoms with Crippen LogP contribution in [0.15, 0.2) is 21.7 Å². The van der Waals surface area contributed by atoms with E-state index in [4.69, 9.17) is 11.6 Å². The molecule has 0 amide bonds. The van der Waals surface area contributed by atoms with Gasteiger partial charge in [0.15, 0.2) is 0 Å². The minimum absolute atomic E-state index is 0.325. The molecule has 0 aliphatic heterocycles. The molecule has 0 saturated heterocycles. The van der Waals surface area contributed by atoms with Gasteiger partial charge >= 0.3 is 5.69 Å². The lowest BCUT2D eigenvalue weighted by molar-refractivity contribution is 1.08. The van der Waals surface area contributed by atoms with Crippen LogP contribution in [-0.4, -0.2) is 9.97 Å². The maximum atomic E-state index is 11.4. The molecular formula is C9H7ClN2O2. The molecule has 1 heterocycles. The molecule has 2 N–H and O–H groups in total. The Hall–Kier alpha value is -1.55. The summed E-state index contributed by atoms with van der Waals surface area (Å²) in [4.78, 5) is 27.1. The highest BCUT2D eigenvalue weighted by atomic mass is 35.5. The third-order valence-electron chi connectivity index (χ3n) is 2.06. The number of benzene rings is 1. The summed E-state index contributed by atoms with van der Waals surface area (Å²) in [5, 5.41) is 0.661. The monoisotopic (exact) mass is 210 g/mol. The molecule has 5 heteroatoms. The Labute approximate surface area is 83.5 Å². The summed E-state index contributed by atoms with van der Waals surface area (Å²) in [6.45, 7) is 1.80. The normalized spacial score (nSPS) is 10.7. The van der Waals surface area contributed by atoms with Crippen molar-refractivity contribution in [1.29, 1.82) is 0 Å². The van der Waals surface area contributed by atoms with Gasteiger partial charge in [-0.2, -0.15) is 0 Å². The predicted octanol–water partition coefficient (Wildman–Crippen LogP) is 1.18. The minimum Gasteiger partial charge on any atom is -0.307 e. The first-order valence-electron chi connectivity index (χ1n) is 4.01. The fourth-order valence-corrected chi connectivity index (χ4v) is 1.62. The van der Waals surface area contributed by atoms with Crippen molar-refractivity contribution in [1.82, 2.24) is 9.97 Å². The first-order valence-corrected chi connectivity index (χ1v) is 4.39. The lowest BCUT2D eigenvalue weighted by Crippen LogP contribution is -2.22. The second kappa shape index (κ2) is 2.99. The molecule has 1 aromatic heterocycles. The van der Waals surface area contributed by atoms with Crippen molar-refractivity contribution < 1.29 is 0 Å². The molecule has 0 atom stereocenters. The van der Waals surface area contributed by atoms with Gasteiger partial charge in [-0.15, -0.1) is 0 Å². The number of aromatic amines is 2. The highest BCUT2D eigenvalue weighted by Gasteiger charge is 2.06. The number of aryl methyl sites for hydroxylation is 1. The average Bonchev–Trinajstić information content (AvgIpc) is 2.10. The van der Waals surface area contributed by atoms with Gasteiger partial charge in [0.25, 0.3) is 5.56 Å². The number of fused-ring (bicyclic) bond motifs is 1. The average molecular weight is 211 g/mol. The zero-order chi connectivity index (χ0) is 10.3. The summed E-state index contributed by atoms with van der Waals surface area (Å²) in [6.07, 6.45) is 0. The lowest BCUT2D eigenvalue weighted by Gasteiger charge is -2.01. The smallest absolute Gasteiger partial charge is 0.307 e. The van der Waals surface area contributed by atoms with Gasteiger partial charge in [0.2, 0.25) is 0 Å². The van der Waals surface area contributed by atoms with E-state index in [0.29, 0.717) is 15.9 Å². The fourth-order valence-electron chi connectivity index (χ4n) is 1.37. The molecule has 0 radical (unpaired) electrons. The van der Waals surface area contributed by atoms with Crippen LogP contribution in [0.4, 0.5) is 0 Å². The molecule has 14 heavy (non-hydrogen) atoms. The van der Waals surface area contributed by atoms with E-state index in [2.05, 4.69) is 9.97 Å². The molecule has 2 aromatic rings. The molecule has 0 saturated carbocycles. The van der Waals surface area contributed by atoms with Crippen LogP contribution < -0.4 is 11.2 Å². The summed E-state index contributed by atoms with van der Waals surface area (Å²) in [6, 6.07) is 3.38. The SMILES string of the molecule is Cc1ccc(Cl)c2c(=O)[nH]c(=O)[nH]c12. The Morgan fingerprint density at radius 3 is 2.64 bits per heavy atom. The van der Waals surface area contributed by atoms with Crippen LogP contribution in [0.25, 0.3) is 10.9 Å². The summed E-state index contributed by atoms with van der Waals surface area (Å²) >= 11 is 5.84. The van der Waals surface area contributed by atoms with Crippen LogP contribution in [0.5, 0.6) is 0 Å². The molecule has 0 bridgehead atoms. The third kappa shape index (κ3) is 1.24. The molecule has 0 unspecified atom stereocenters. The first kappa shape index (κ1) is 9.02. The number of aromatic nitrogens is 2. The number of nitrogens with one attached hydrogen (secondary N) is 2. The lowest BCUT2D eigenvalue weighted by atomic mass is 10.1. The van der Waals surface area contributed by atoms with Gasteiger partial charge in [-0.05, 0) is 18.6 Å². The van der Waals surface area contributed by atoms with Crippen molar-refractivity contribution >= 4 is 22.5 Å². The Bertz CT molecular complexity index is 612.